The van der Waals surface area contributed by atoms with Gasteiger partial charge in [-0.2, -0.15) is 15.1 Å². The maximum Gasteiger partial charge on any atom is 0.278 e. The Labute approximate surface area is 218 Å². The predicted octanol–water partition coefficient (Wildman–Crippen LogP) is 2.69. The van der Waals surface area contributed by atoms with Crippen LogP contribution in [0.1, 0.15) is 12.8 Å². The molecule has 0 atom stereocenters. The highest BCUT2D eigenvalue weighted by Gasteiger charge is 2.20. The van der Waals surface area contributed by atoms with E-state index in [2.05, 4.69) is 44.2 Å². The smallest absolute Gasteiger partial charge is 0.278 e. The van der Waals surface area contributed by atoms with Crippen molar-refractivity contribution in [3.05, 3.63) is 65.9 Å². The van der Waals surface area contributed by atoms with E-state index in [1.54, 1.807) is 33.9 Å². The minimum atomic E-state index is -0.216. The van der Waals surface area contributed by atoms with E-state index in [0.717, 1.165) is 42.5 Å². The summed E-state index contributed by atoms with van der Waals surface area (Å²) in [5.74, 6) is 1.42. The second-order valence-corrected chi connectivity index (χ2v) is 9.55. The van der Waals surface area contributed by atoms with Crippen LogP contribution in [0.15, 0.2) is 60.3 Å². The molecule has 5 heterocycles. The third-order valence-corrected chi connectivity index (χ3v) is 6.89. The van der Waals surface area contributed by atoms with Crippen molar-refractivity contribution in [2.45, 2.75) is 25.4 Å². The normalized spacial score (nSPS) is 14.8. The van der Waals surface area contributed by atoms with E-state index in [9.17, 15) is 4.79 Å². The average molecular weight is 512 g/mol. The van der Waals surface area contributed by atoms with Crippen LogP contribution in [0.2, 0.25) is 0 Å². The van der Waals surface area contributed by atoms with Crippen molar-refractivity contribution in [1.29, 1.82) is 0 Å². The molecule has 0 aliphatic carbocycles. The first-order chi connectivity index (χ1) is 18.5. The number of piperidine rings is 1. The number of nitrogens with one attached hydrogen (secondary N) is 2. The van der Waals surface area contributed by atoms with E-state index in [1.165, 1.54) is 0 Å². The second-order valence-electron chi connectivity index (χ2n) is 9.55. The van der Waals surface area contributed by atoms with Crippen LogP contribution in [0.25, 0.3) is 27.8 Å². The van der Waals surface area contributed by atoms with Crippen LogP contribution in [0.3, 0.4) is 0 Å². The number of fused-ring (bicyclic) bond motifs is 2. The standard InChI is InChI=1S/C26H29N11O/c1-4-11-36-24(38)20-16-28-26(31-19-5-6-21-17(14-19)15-29-35(21)3)33-23(20)37(36)22-7-10-27-25(32-22)30-18-8-12-34(2)13-9-18/h4-7,10,14-16,18H,1,8-9,11-13H2,2-3H3,(H,27,30,32)(H,28,31,33). The lowest BCUT2D eigenvalue weighted by Crippen LogP contribution is -2.37. The maximum atomic E-state index is 13.3. The van der Waals surface area contributed by atoms with Gasteiger partial charge in [-0.1, -0.05) is 6.08 Å². The number of allylic oxidation sites excluding steroid dienone is 1. The van der Waals surface area contributed by atoms with Crippen molar-refractivity contribution in [2.24, 2.45) is 7.05 Å². The van der Waals surface area contributed by atoms with Crippen LogP contribution in [-0.4, -0.2) is 70.2 Å². The molecule has 194 valence electrons. The van der Waals surface area contributed by atoms with Gasteiger partial charge in [-0.3, -0.25) is 9.48 Å². The minimum Gasteiger partial charge on any atom is -0.351 e. The molecule has 0 unspecified atom stereocenters. The van der Waals surface area contributed by atoms with Crippen molar-refractivity contribution >= 4 is 39.5 Å². The molecule has 12 nitrogen and oxygen atoms in total. The highest BCUT2D eigenvalue weighted by Crippen LogP contribution is 2.22. The molecule has 0 radical (unpaired) electrons. The topological polar surface area (TPSA) is 124 Å². The van der Waals surface area contributed by atoms with E-state index in [1.807, 2.05) is 36.1 Å². The fourth-order valence-corrected chi connectivity index (χ4v) is 4.85. The number of hydrogen-bond acceptors (Lipinski definition) is 9. The van der Waals surface area contributed by atoms with Gasteiger partial charge in [-0.25, -0.2) is 19.3 Å². The second kappa shape index (κ2) is 9.71. The number of aromatic nitrogens is 8. The molecule has 1 aromatic carbocycles. The monoisotopic (exact) mass is 511 g/mol. The SMILES string of the molecule is C=CCn1c(=O)c2cnc(Nc3ccc4c(cnn4C)c3)nc2n1-c1ccnc(NC2CCN(C)CC2)n1. The van der Waals surface area contributed by atoms with Crippen molar-refractivity contribution < 1.29 is 0 Å². The minimum absolute atomic E-state index is 0.216. The summed E-state index contributed by atoms with van der Waals surface area (Å²) in [4.78, 5) is 33.9. The Kier molecular flexibility index (Phi) is 6.08. The summed E-state index contributed by atoms with van der Waals surface area (Å²) < 4.78 is 5.08. The molecule has 5 aromatic rings. The molecule has 0 bridgehead atoms. The number of rotatable bonds is 7. The van der Waals surface area contributed by atoms with Crippen LogP contribution in [-0.2, 0) is 13.6 Å². The quantitative estimate of drug-likeness (QED) is 0.317. The Hall–Kier alpha value is -4.58. The van der Waals surface area contributed by atoms with Gasteiger partial charge in [0.25, 0.3) is 5.56 Å². The Balaban J connectivity index is 1.38. The van der Waals surface area contributed by atoms with Crippen LogP contribution >= 0.6 is 0 Å². The summed E-state index contributed by atoms with van der Waals surface area (Å²) in [6, 6.07) is 7.98. The number of likely N-dealkylation sites (tertiary alicyclic amines) is 1. The van der Waals surface area contributed by atoms with Crippen molar-refractivity contribution in [1.82, 2.24) is 44.0 Å². The molecule has 1 aliphatic heterocycles. The summed E-state index contributed by atoms with van der Waals surface area (Å²) in [5.41, 5.74) is 2.07. The molecule has 0 amide bonds. The van der Waals surface area contributed by atoms with E-state index in [4.69, 9.17) is 9.97 Å². The molecule has 1 saturated heterocycles. The van der Waals surface area contributed by atoms with Crippen molar-refractivity contribution in [2.75, 3.05) is 30.8 Å². The molecule has 0 spiro atoms. The zero-order chi connectivity index (χ0) is 26.2. The number of aryl methyl sites for hydroxylation is 1. The molecule has 1 fully saturated rings. The van der Waals surface area contributed by atoms with Gasteiger partial charge in [-0.05, 0) is 51.2 Å². The zero-order valence-electron chi connectivity index (χ0n) is 21.4. The molecule has 4 aromatic heterocycles. The first-order valence-corrected chi connectivity index (χ1v) is 12.6. The molecule has 0 saturated carbocycles. The largest absolute Gasteiger partial charge is 0.351 e. The van der Waals surface area contributed by atoms with E-state index < -0.39 is 0 Å². The van der Waals surface area contributed by atoms with E-state index >= 15 is 0 Å². The Morgan fingerprint density at radius 3 is 2.74 bits per heavy atom. The number of anilines is 3. The van der Waals surface area contributed by atoms with Gasteiger partial charge >= 0.3 is 0 Å². The third kappa shape index (κ3) is 4.39. The lowest BCUT2D eigenvalue weighted by molar-refractivity contribution is 0.263. The summed E-state index contributed by atoms with van der Waals surface area (Å²) in [7, 11) is 4.03. The third-order valence-electron chi connectivity index (χ3n) is 6.89. The summed E-state index contributed by atoms with van der Waals surface area (Å²) in [6.07, 6.45) is 8.76. The lowest BCUT2D eigenvalue weighted by Gasteiger charge is -2.29. The lowest BCUT2D eigenvalue weighted by atomic mass is 10.1. The number of benzene rings is 1. The van der Waals surface area contributed by atoms with Crippen LogP contribution < -0.4 is 16.2 Å². The molecule has 1 aliphatic rings. The van der Waals surface area contributed by atoms with Gasteiger partial charge in [0.1, 0.15) is 5.39 Å². The van der Waals surface area contributed by atoms with Crippen LogP contribution in [0.5, 0.6) is 0 Å². The first kappa shape index (κ1) is 23.8. The summed E-state index contributed by atoms with van der Waals surface area (Å²) in [5, 5.41) is 12.4. The van der Waals surface area contributed by atoms with Gasteiger partial charge < -0.3 is 15.5 Å². The Morgan fingerprint density at radius 1 is 1.08 bits per heavy atom. The van der Waals surface area contributed by atoms with Crippen LogP contribution in [0, 0.1) is 0 Å². The summed E-state index contributed by atoms with van der Waals surface area (Å²) in [6.45, 7) is 6.17. The molecule has 6 rings (SSSR count). The van der Waals surface area contributed by atoms with Gasteiger partial charge in [0.05, 0.1) is 18.3 Å². The van der Waals surface area contributed by atoms with Gasteiger partial charge in [0.15, 0.2) is 11.5 Å². The molecule has 12 heteroatoms. The Morgan fingerprint density at radius 2 is 1.92 bits per heavy atom. The fourth-order valence-electron chi connectivity index (χ4n) is 4.85. The molecule has 2 N–H and O–H groups in total. The van der Waals surface area contributed by atoms with Crippen LogP contribution in [0.4, 0.5) is 17.6 Å². The summed E-state index contributed by atoms with van der Waals surface area (Å²) >= 11 is 0. The predicted molar refractivity (Wildman–Crippen MR) is 147 cm³/mol. The van der Waals surface area contributed by atoms with Gasteiger partial charge in [0.2, 0.25) is 11.9 Å². The molecular weight excluding hydrogens is 482 g/mol. The molecular formula is C26H29N11O. The number of hydrogen-bond donors (Lipinski definition) is 2. The van der Waals surface area contributed by atoms with Crippen molar-refractivity contribution in [3.8, 4) is 5.82 Å². The van der Waals surface area contributed by atoms with E-state index in [0.29, 0.717) is 34.8 Å². The highest BCUT2D eigenvalue weighted by atomic mass is 16.1. The first-order valence-electron chi connectivity index (χ1n) is 12.6. The maximum absolute atomic E-state index is 13.3. The van der Waals surface area contributed by atoms with Gasteiger partial charge in [-0.15, -0.1) is 6.58 Å². The van der Waals surface area contributed by atoms with Crippen molar-refractivity contribution in [3.63, 3.8) is 0 Å². The molecule has 38 heavy (non-hydrogen) atoms. The zero-order valence-corrected chi connectivity index (χ0v) is 21.4. The number of nitrogens with zero attached hydrogens (tertiary/aromatic N) is 9. The fraction of sp³-hybridized carbons (Fsp3) is 0.308. The average Bonchev–Trinajstić information content (AvgIpc) is 3.42. The van der Waals surface area contributed by atoms with Gasteiger partial charge in [0, 0.05) is 42.6 Å². The van der Waals surface area contributed by atoms with E-state index in [-0.39, 0.29) is 12.1 Å². The Bertz CT molecular complexity index is 1690. The highest BCUT2D eigenvalue weighted by molar-refractivity contribution is 5.83.